The van der Waals surface area contributed by atoms with E-state index in [1.165, 1.54) is 6.08 Å². The van der Waals surface area contributed by atoms with Crippen LogP contribution in [0.15, 0.2) is 81.6 Å². The first-order valence-electron chi connectivity index (χ1n) is 11.3. The second kappa shape index (κ2) is 11.0. The van der Waals surface area contributed by atoms with Crippen molar-refractivity contribution in [2.75, 3.05) is 5.32 Å². The van der Waals surface area contributed by atoms with Gasteiger partial charge in [0.05, 0.1) is 15.6 Å². The molecule has 0 unspecified atom stereocenters. The number of rotatable bonds is 5. The van der Waals surface area contributed by atoms with Gasteiger partial charge in [0.25, 0.3) is 0 Å². The molecule has 5 rings (SSSR count). The standard InChI is InChI=1S/C28H18Cl3N3O3S/c1-15-5-6-16(13-21(15)30)23-11-8-18(36-23)9-12-25(35)34-28(38)32-17-7-10-24-22(14-17)33-27(37-24)19-3-2-4-20(29)26(19)31/h2-14H,1H3,(H2,32,34,35,38)/b12-9+. The summed E-state index contributed by atoms with van der Waals surface area (Å²) in [5.74, 6) is 1.09. The predicted octanol–water partition coefficient (Wildman–Crippen LogP) is 8.55. The van der Waals surface area contributed by atoms with Crippen molar-refractivity contribution in [2.45, 2.75) is 6.92 Å². The zero-order valence-electron chi connectivity index (χ0n) is 19.7. The molecule has 0 fully saturated rings. The number of aryl methyl sites for hydroxylation is 1. The van der Waals surface area contributed by atoms with E-state index in [1.807, 2.05) is 31.2 Å². The molecule has 2 aromatic heterocycles. The SMILES string of the molecule is Cc1ccc(-c2ccc(/C=C/C(=O)NC(=S)Nc3ccc4oc(-c5cccc(Cl)c5Cl)nc4c3)o2)cc1Cl. The Balaban J connectivity index is 1.21. The van der Waals surface area contributed by atoms with Crippen LogP contribution in [0.5, 0.6) is 0 Å². The number of furan rings is 1. The fraction of sp³-hybridized carbons (Fsp3) is 0.0357. The van der Waals surface area contributed by atoms with E-state index < -0.39 is 5.91 Å². The first kappa shape index (κ1) is 26.0. The van der Waals surface area contributed by atoms with Crippen LogP contribution in [-0.4, -0.2) is 16.0 Å². The number of carbonyl (C=O) groups is 1. The zero-order valence-corrected chi connectivity index (χ0v) is 22.8. The Labute approximate surface area is 238 Å². The van der Waals surface area contributed by atoms with Crippen LogP contribution in [0.2, 0.25) is 15.1 Å². The van der Waals surface area contributed by atoms with Crippen molar-refractivity contribution in [2.24, 2.45) is 0 Å². The normalized spacial score (nSPS) is 11.3. The van der Waals surface area contributed by atoms with Gasteiger partial charge in [-0.3, -0.25) is 10.1 Å². The van der Waals surface area contributed by atoms with E-state index in [0.717, 1.165) is 11.1 Å². The van der Waals surface area contributed by atoms with Crippen LogP contribution in [0, 0.1) is 6.92 Å². The van der Waals surface area contributed by atoms with Crippen molar-refractivity contribution >= 4 is 80.9 Å². The molecule has 6 nitrogen and oxygen atoms in total. The summed E-state index contributed by atoms with van der Waals surface area (Å²) < 4.78 is 11.6. The smallest absolute Gasteiger partial charge is 0.250 e. The van der Waals surface area contributed by atoms with Crippen LogP contribution in [0.1, 0.15) is 11.3 Å². The fourth-order valence-corrected chi connectivity index (χ4v) is 4.39. The van der Waals surface area contributed by atoms with Crippen LogP contribution in [0.4, 0.5) is 5.69 Å². The van der Waals surface area contributed by atoms with E-state index in [1.54, 1.807) is 48.5 Å². The Hall–Kier alpha value is -3.62. The van der Waals surface area contributed by atoms with Gasteiger partial charge in [0.15, 0.2) is 10.7 Å². The average Bonchev–Trinajstić information content (AvgIpc) is 3.53. The van der Waals surface area contributed by atoms with Gasteiger partial charge in [0, 0.05) is 22.3 Å². The minimum absolute atomic E-state index is 0.120. The van der Waals surface area contributed by atoms with Gasteiger partial charge in [-0.1, -0.05) is 53.0 Å². The van der Waals surface area contributed by atoms with Crippen molar-refractivity contribution in [1.82, 2.24) is 10.3 Å². The molecule has 10 heteroatoms. The molecule has 0 atom stereocenters. The van der Waals surface area contributed by atoms with Gasteiger partial charge in [-0.25, -0.2) is 4.98 Å². The number of thiocarbonyl (C=S) groups is 1. The van der Waals surface area contributed by atoms with Gasteiger partial charge in [0.1, 0.15) is 17.0 Å². The predicted molar refractivity (Wildman–Crippen MR) is 157 cm³/mol. The van der Waals surface area contributed by atoms with Gasteiger partial charge in [-0.05, 0) is 79.3 Å². The average molecular weight is 583 g/mol. The van der Waals surface area contributed by atoms with Crippen LogP contribution in [0.3, 0.4) is 0 Å². The number of hydrogen-bond acceptors (Lipinski definition) is 5. The first-order chi connectivity index (χ1) is 18.3. The summed E-state index contributed by atoms with van der Waals surface area (Å²) in [5.41, 5.74) is 4.18. The minimum Gasteiger partial charge on any atom is -0.457 e. The lowest BCUT2D eigenvalue weighted by Crippen LogP contribution is -2.32. The molecule has 0 aliphatic heterocycles. The van der Waals surface area contributed by atoms with Crippen LogP contribution >= 0.6 is 47.0 Å². The monoisotopic (exact) mass is 581 g/mol. The molecule has 0 saturated heterocycles. The maximum absolute atomic E-state index is 12.4. The molecular weight excluding hydrogens is 565 g/mol. The van der Waals surface area contributed by atoms with E-state index >= 15 is 0 Å². The molecule has 0 aliphatic rings. The van der Waals surface area contributed by atoms with Gasteiger partial charge in [0.2, 0.25) is 11.8 Å². The third kappa shape index (κ3) is 5.76. The maximum Gasteiger partial charge on any atom is 0.250 e. The summed E-state index contributed by atoms with van der Waals surface area (Å²) in [7, 11) is 0. The number of aromatic nitrogens is 1. The summed E-state index contributed by atoms with van der Waals surface area (Å²) in [5, 5.41) is 7.12. The van der Waals surface area contributed by atoms with Crippen molar-refractivity contribution in [3.8, 4) is 22.8 Å². The molecule has 1 amide bonds. The van der Waals surface area contributed by atoms with Crippen molar-refractivity contribution in [3.05, 3.63) is 99.2 Å². The fourth-order valence-electron chi connectivity index (χ4n) is 3.61. The van der Waals surface area contributed by atoms with Gasteiger partial charge < -0.3 is 14.2 Å². The molecule has 190 valence electrons. The number of amides is 1. The lowest BCUT2D eigenvalue weighted by Gasteiger charge is -2.07. The number of carbonyl (C=O) groups excluding carboxylic acids is 1. The second-order valence-corrected chi connectivity index (χ2v) is 9.85. The number of hydrogen-bond donors (Lipinski definition) is 2. The highest BCUT2D eigenvalue weighted by Crippen LogP contribution is 2.35. The third-order valence-corrected chi connectivity index (χ3v) is 6.98. The summed E-state index contributed by atoms with van der Waals surface area (Å²) in [6.45, 7) is 1.93. The van der Waals surface area contributed by atoms with E-state index in [-0.39, 0.29) is 5.11 Å². The molecule has 0 spiro atoms. The lowest BCUT2D eigenvalue weighted by atomic mass is 10.1. The number of oxazole rings is 1. The topological polar surface area (TPSA) is 80.3 Å². The highest BCUT2D eigenvalue weighted by molar-refractivity contribution is 7.80. The molecule has 0 aliphatic carbocycles. The molecule has 0 radical (unpaired) electrons. The zero-order chi connectivity index (χ0) is 26.8. The Morgan fingerprint density at radius 3 is 2.63 bits per heavy atom. The largest absolute Gasteiger partial charge is 0.457 e. The Bertz CT molecular complexity index is 1730. The Morgan fingerprint density at radius 1 is 0.974 bits per heavy atom. The van der Waals surface area contributed by atoms with Crippen LogP contribution in [0.25, 0.3) is 40.0 Å². The van der Waals surface area contributed by atoms with E-state index in [9.17, 15) is 4.79 Å². The number of fused-ring (bicyclic) bond motifs is 1. The lowest BCUT2D eigenvalue weighted by molar-refractivity contribution is -0.115. The van der Waals surface area contributed by atoms with Gasteiger partial charge >= 0.3 is 0 Å². The van der Waals surface area contributed by atoms with E-state index in [0.29, 0.717) is 54.8 Å². The van der Waals surface area contributed by atoms with E-state index in [2.05, 4.69) is 15.6 Å². The molecule has 2 heterocycles. The number of nitrogens with one attached hydrogen (secondary N) is 2. The molecule has 0 bridgehead atoms. The van der Waals surface area contributed by atoms with Crippen LogP contribution < -0.4 is 10.6 Å². The second-order valence-electron chi connectivity index (χ2n) is 8.25. The van der Waals surface area contributed by atoms with Crippen molar-refractivity contribution in [1.29, 1.82) is 0 Å². The maximum atomic E-state index is 12.4. The molecule has 38 heavy (non-hydrogen) atoms. The summed E-state index contributed by atoms with van der Waals surface area (Å²) in [6.07, 6.45) is 2.89. The number of benzene rings is 3. The molecule has 2 N–H and O–H groups in total. The van der Waals surface area contributed by atoms with Crippen molar-refractivity contribution in [3.63, 3.8) is 0 Å². The van der Waals surface area contributed by atoms with Crippen LogP contribution in [-0.2, 0) is 4.79 Å². The van der Waals surface area contributed by atoms with Crippen molar-refractivity contribution < 1.29 is 13.6 Å². The number of anilines is 1. The van der Waals surface area contributed by atoms with E-state index in [4.69, 9.17) is 55.9 Å². The summed E-state index contributed by atoms with van der Waals surface area (Å²) in [4.78, 5) is 16.9. The Morgan fingerprint density at radius 2 is 1.82 bits per heavy atom. The highest BCUT2D eigenvalue weighted by atomic mass is 35.5. The Kier molecular flexibility index (Phi) is 7.53. The number of nitrogens with zero attached hydrogens (tertiary/aromatic N) is 1. The third-order valence-electron chi connectivity index (χ3n) is 5.55. The summed E-state index contributed by atoms with van der Waals surface area (Å²) >= 11 is 23.9. The minimum atomic E-state index is -0.417. The first-order valence-corrected chi connectivity index (χ1v) is 12.8. The summed E-state index contributed by atoms with van der Waals surface area (Å²) in [6, 6.07) is 19.7. The highest BCUT2D eigenvalue weighted by Gasteiger charge is 2.14. The molecule has 5 aromatic rings. The van der Waals surface area contributed by atoms with Gasteiger partial charge in [-0.15, -0.1) is 0 Å². The quantitative estimate of drug-likeness (QED) is 0.160. The van der Waals surface area contributed by atoms with Gasteiger partial charge in [-0.2, -0.15) is 0 Å². The number of halogens is 3. The molecule has 3 aromatic carbocycles. The molecule has 0 saturated carbocycles. The molecular formula is C28H18Cl3N3O3S.